The lowest BCUT2D eigenvalue weighted by molar-refractivity contribution is -0.138. The zero-order valence-corrected chi connectivity index (χ0v) is 14.7. The first-order chi connectivity index (χ1) is 11.2. The number of rotatable bonds is 3. The summed E-state index contributed by atoms with van der Waals surface area (Å²) >= 11 is 0. The van der Waals surface area contributed by atoms with Crippen LogP contribution in [0.15, 0.2) is 9.42 Å². The molecule has 2 amide bonds. The Hall–Kier alpha value is -1.78. The van der Waals surface area contributed by atoms with Crippen LogP contribution in [0.3, 0.4) is 0 Å². The van der Waals surface area contributed by atoms with Crippen LogP contribution < -0.4 is 0 Å². The van der Waals surface area contributed by atoms with Crippen LogP contribution in [0, 0.1) is 13.8 Å². The minimum atomic E-state index is -3.67. The van der Waals surface area contributed by atoms with Crippen LogP contribution in [0.4, 0.5) is 0 Å². The maximum atomic E-state index is 12.8. The van der Waals surface area contributed by atoms with E-state index in [1.165, 1.54) is 11.4 Å². The molecule has 2 fully saturated rings. The quantitative estimate of drug-likeness (QED) is 0.663. The summed E-state index contributed by atoms with van der Waals surface area (Å²) < 4.78 is 31.9. The molecule has 1 aromatic rings. The van der Waals surface area contributed by atoms with Crippen LogP contribution in [0.2, 0.25) is 0 Å². The Labute approximate surface area is 140 Å². The maximum Gasteiger partial charge on any atom is 0.248 e. The van der Waals surface area contributed by atoms with Gasteiger partial charge >= 0.3 is 0 Å². The second kappa shape index (κ2) is 5.94. The number of likely N-dealkylation sites (N-methyl/N-ethyl adjacent to an activating group) is 1. The molecule has 2 saturated heterocycles. The minimum absolute atomic E-state index is 0.114. The van der Waals surface area contributed by atoms with E-state index in [2.05, 4.69) is 5.16 Å². The van der Waals surface area contributed by atoms with Gasteiger partial charge in [-0.25, -0.2) is 8.42 Å². The molecule has 0 N–H and O–H groups in total. The summed E-state index contributed by atoms with van der Waals surface area (Å²) in [6, 6.07) is -0.480. The van der Waals surface area contributed by atoms with Crippen LogP contribution in [0.1, 0.15) is 17.9 Å². The molecule has 1 atom stereocenters. The molecular weight excluding hydrogens is 336 g/mol. The molecule has 9 nitrogen and oxygen atoms in total. The van der Waals surface area contributed by atoms with E-state index < -0.39 is 16.1 Å². The lowest BCUT2D eigenvalue weighted by Gasteiger charge is -2.36. The molecule has 0 aliphatic carbocycles. The fourth-order valence-corrected chi connectivity index (χ4v) is 4.96. The van der Waals surface area contributed by atoms with Gasteiger partial charge in [-0.1, -0.05) is 5.16 Å². The summed E-state index contributed by atoms with van der Waals surface area (Å²) in [5.41, 5.74) is 0.341. The average molecular weight is 356 g/mol. The van der Waals surface area contributed by atoms with Crippen LogP contribution in [0.5, 0.6) is 0 Å². The van der Waals surface area contributed by atoms with Gasteiger partial charge in [0.15, 0.2) is 5.76 Å². The Bertz CT molecular complexity index is 760. The van der Waals surface area contributed by atoms with Gasteiger partial charge in [0, 0.05) is 33.2 Å². The first-order valence-corrected chi connectivity index (χ1v) is 9.15. The number of hydrogen-bond donors (Lipinski definition) is 0. The van der Waals surface area contributed by atoms with Crippen molar-refractivity contribution in [3.63, 3.8) is 0 Å². The molecular formula is C14H20N4O5S. The maximum absolute atomic E-state index is 12.8. The molecule has 0 spiro atoms. The summed E-state index contributed by atoms with van der Waals surface area (Å²) in [5, 5.41) is 3.70. The van der Waals surface area contributed by atoms with Crippen molar-refractivity contribution in [3.05, 3.63) is 11.5 Å². The Kier molecular flexibility index (Phi) is 4.22. The number of aromatic nitrogens is 1. The van der Waals surface area contributed by atoms with Gasteiger partial charge < -0.3 is 4.52 Å². The van der Waals surface area contributed by atoms with Crippen molar-refractivity contribution in [2.24, 2.45) is 0 Å². The van der Waals surface area contributed by atoms with Crippen molar-refractivity contribution < 1.29 is 22.5 Å². The Balaban J connectivity index is 1.72. The van der Waals surface area contributed by atoms with Gasteiger partial charge in [-0.05, 0) is 13.8 Å². The highest BCUT2D eigenvalue weighted by molar-refractivity contribution is 7.89. The molecule has 10 heteroatoms. The van der Waals surface area contributed by atoms with Gasteiger partial charge in [-0.15, -0.1) is 0 Å². The van der Waals surface area contributed by atoms with Gasteiger partial charge in [0.25, 0.3) is 0 Å². The molecule has 0 aromatic carbocycles. The number of carbonyl (C=O) groups excluding carboxylic acids is 2. The number of sulfonamides is 1. The minimum Gasteiger partial charge on any atom is -0.360 e. The fourth-order valence-electron chi connectivity index (χ4n) is 3.25. The lowest BCUT2D eigenvalue weighted by atomic mass is 10.2. The highest BCUT2D eigenvalue weighted by Crippen LogP contribution is 2.25. The van der Waals surface area contributed by atoms with E-state index in [0.29, 0.717) is 18.8 Å². The van der Waals surface area contributed by atoms with E-state index in [9.17, 15) is 18.0 Å². The molecule has 2 aliphatic rings. The van der Waals surface area contributed by atoms with Gasteiger partial charge in [0.1, 0.15) is 10.6 Å². The summed E-state index contributed by atoms with van der Waals surface area (Å²) in [6.45, 7) is 4.49. The molecule has 2 aliphatic heterocycles. The number of aryl methyl sites for hydroxylation is 2. The molecule has 0 bridgehead atoms. The Morgan fingerprint density at radius 2 is 1.75 bits per heavy atom. The Morgan fingerprint density at radius 3 is 2.21 bits per heavy atom. The third-order valence-corrected chi connectivity index (χ3v) is 6.78. The summed E-state index contributed by atoms with van der Waals surface area (Å²) in [4.78, 5) is 26.9. The zero-order valence-electron chi connectivity index (χ0n) is 13.9. The average Bonchev–Trinajstić information content (AvgIpc) is 3.02. The van der Waals surface area contributed by atoms with Crippen molar-refractivity contribution in [1.29, 1.82) is 0 Å². The summed E-state index contributed by atoms with van der Waals surface area (Å²) in [6.07, 6.45) is 0.159. The van der Waals surface area contributed by atoms with E-state index >= 15 is 0 Å². The molecule has 1 aromatic heterocycles. The number of amides is 2. The number of likely N-dealkylation sites (tertiary alicyclic amines) is 1. The van der Waals surface area contributed by atoms with Crippen molar-refractivity contribution >= 4 is 21.8 Å². The molecule has 1 unspecified atom stereocenters. The monoisotopic (exact) mass is 356 g/mol. The molecule has 3 rings (SSSR count). The zero-order chi connectivity index (χ0) is 17.6. The third kappa shape index (κ3) is 2.64. The van der Waals surface area contributed by atoms with E-state index in [-0.39, 0.29) is 42.0 Å². The molecule has 132 valence electrons. The SMILES string of the molecule is Cc1noc(C)c1S(=O)(=O)N1CCN(C2CC(=O)N(C)C2=O)CC1. The van der Waals surface area contributed by atoms with Crippen molar-refractivity contribution in [2.45, 2.75) is 31.2 Å². The van der Waals surface area contributed by atoms with Gasteiger partial charge in [0.2, 0.25) is 21.8 Å². The first kappa shape index (κ1) is 17.1. The third-order valence-electron chi connectivity index (χ3n) is 4.64. The normalized spacial score (nSPS) is 24.1. The van der Waals surface area contributed by atoms with Crippen LogP contribution in [-0.4, -0.2) is 78.8 Å². The summed E-state index contributed by atoms with van der Waals surface area (Å²) in [5.74, 6) is -0.147. The predicted octanol–water partition coefficient (Wildman–Crippen LogP) is -0.645. The topological polar surface area (TPSA) is 104 Å². The highest BCUT2D eigenvalue weighted by atomic mass is 32.2. The molecule has 0 saturated carbocycles. The van der Waals surface area contributed by atoms with Gasteiger partial charge in [-0.3, -0.25) is 19.4 Å². The second-order valence-electron chi connectivity index (χ2n) is 6.10. The number of carbonyl (C=O) groups is 2. The van der Waals surface area contributed by atoms with Crippen LogP contribution in [-0.2, 0) is 19.6 Å². The van der Waals surface area contributed by atoms with Gasteiger partial charge in [0.05, 0.1) is 12.5 Å². The van der Waals surface area contributed by atoms with Crippen molar-refractivity contribution in [1.82, 2.24) is 19.3 Å². The molecule has 24 heavy (non-hydrogen) atoms. The highest BCUT2D eigenvalue weighted by Gasteiger charge is 2.42. The number of imide groups is 1. The van der Waals surface area contributed by atoms with E-state index in [0.717, 1.165) is 4.90 Å². The fraction of sp³-hybridized carbons (Fsp3) is 0.643. The van der Waals surface area contributed by atoms with Gasteiger partial charge in [-0.2, -0.15) is 4.31 Å². The van der Waals surface area contributed by atoms with Crippen molar-refractivity contribution in [3.8, 4) is 0 Å². The number of hydrogen-bond acceptors (Lipinski definition) is 7. The van der Waals surface area contributed by atoms with E-state index in [1.54, 1.807) is 13.8 Å². The smallest absolute Gasteiger partial charge is 0.248 e. The van der Waals surface area contributed by atoms with E-state index in [1.807, 2.05) is 4.90 Å². The lowest BCUT2D eigenvalue weighted by Crippen LogP contribution is -2.53. The second-order valence-corrected chi connectivity index (χ2v) is 7.98. The standard InChI is InChI=1S/C14H20N4O5S/c1-9-13(10(2)23-15-9)24(21,22)18-6-4-17(5-7-18)11-8-12(19)16(3)14(11)20/h11H,4-8H2,1-3H3. The summed E-state index contributed by atoms with van der Waals surface area (Å²) in [7, 11) is -2.20. The molecule has 3 heterocycles. The van der Waals surface area contributed by atoms with Crippen LogP contribution >= 0.6 is 0 Å². The number of piperazine rings is 1. The van der Waals surface area contributed by atoms with Crippen molar-refractivity contribution in [2.75, 3.05) is 33.2 Å². The predicted molar refractivity (Wildman–Crippen MR) is 82.5 cm³/mol. The first-order valence-electron chi connectivity index (χ1n) is 7.71. The Morgan fingerprint density at radius 1 is 1.12 bits per heavy atom. The molecule has 0 radical (unpaired) electrons. The van der Waals surface area contributed by atoms with Crippen LogP contribution in [0.25, 0.3) is 0 Å². The number of nitrogens with zero attached hydrogens (tertiary/aromatic N) is 4. The van der Waals surface area contributed by atoms with E-state index in [4.69, 9.17) is 4.52 Å². The largest absolute Gasteiger partial charge is 0.360 e.